The van der Waals surface area contributed by atoms with Crippen molar-refractivity contribution >= 4 is 17.0 Å². The van der Waals surface area contributed by atoms with Gasteiger partial charge in [0, 0.05) is 13.2 Å². The number of nitrogens with one attached hydrogen (secondary N) is 1. The number of imidazole rings is 1. The lowest BCUT2D eigenvalue weighted by Crippen LogP contribution is -2.34. The third-order valence-electron chi connectivity index (χ3n) is 4.32. The molecule has 0 spiro atoms. The zero-order chi connectivity index (χ0) is 16.0. The Labute approximate surface area is 132 Å². The van der Waals surface area contributed by atoms with E-state index in [1.54, 1.807) is 10.9 Å². The number of fused-ring (bicyclic) bond motifs is 1. The molecule has 4 atom stereocenters. The first-order valence-corrected chi connectivity index (χ1v) is 7.64. The van der Waals surface area contributed by atoms with Crippen LogP contribution in [-0.2, 0) is 9.47 Å². The smallest absolute Gasteiger partial charge is 0.167 e. The van der Waals surface area contributed by atoms with Gasteiger partial charge in [-0.2, -0.15) is 0 Å². The quantitative estimate of drug-likeness (QED) is 0.685. The lowest BCUT2D eigenvalue weighted by atomic mass is 10.1. The lowest BCUT2D eigenvalue weighted by molar-refractivity contribution is -0.0583. The Morgan fingerprint density at radius 1 is 1.39 bits per heavy atom. The van der Waals surface area contributed by atoms with Gasteiger partial charge < -0.3 is 25.0 Å². The van der Waals surface area contributed by atoms with Gasteiger partial charge in [-0.25, -0.2) is 15.0 Å². The molecule has 2 unspecified atom stereocenters. The second kappa shape index (κ2) is 5.68. The van der Waals surface area contributed by atoms with E-state index in [1.807, 2.05) is 0 Å². The second-order valence-corrected chi connectivity index (χ2v) is 5.90. The SMILES string of the molecule is COC1C(O)[C@@H](CO)O[C@H]1n1cnc2c(NC3CC3)ncnc21. The Kier molecular flexibility index (Phi) is 3.64. The van der Waals surface area contributed by atoms with E-state index in [9.17, 15) is 10.2 Å². The summed E-state index contributed by atoms with van der Waals surface area (Å²) in [4.78, 5) is 12.9. The van der Waals surface area contributed by atoms with E-state index in [0.717, 1.165) is 12.8 Å². The molecule has 1 saturated heterocycles. The van der Waals surface area contributed by atoms with Gasteiger partial charge in [-0.05, 0) is 12.8 Å². The van der Waals surface area contributed by atoms with Gasteiger partial charge in [-0.3, -0.25) is 4.57 Å². The third kappa shape index (κ3) is 2.45. The highest BCUT2D eigenvalue weighted by Crippen LogP contribution is 2.34. The Balaban J connectivity index is 1.71. The number of anilines is 1. The van der Waals surface area contributed by atoms with Crippen molar-refractivity contribution < 1.29 is 19.7 Å². The van der Waals surface area contributed by atoms with E-state index >= 15 is 0 Å². The van der Waals surface area contributed by atoms with E-state index in [0.29, 0.717) is 23.0 Å². The molecule has 9 nitrogen and oxygen atoms in total. The summed E-state index contributed by atoms with van der Waals surface area (Å²) >= 11 is 0. The molecular weight excluding hydrogens is 302 g/mol. The minimum Gasteiger partial charge on any atom is -0.394 e. The average molecular weight is 321 g/mol. The maximum atomic E-state index is 10.2. The molecule has 0 radical (unpaired) electrons. The van der Waals surface area contributed by atoms with Crippen LogP contribution in [0.3, 0.4) is 0 Å². The number of aliphatic hydroxyl groups is 2. The summed E-state index contributed by atoms with van der Waals surface area (Å²) in [5.41, 5.74) is 1.25. The summed E-state index contributed by atoms with van der Waals surface area (Å²) in [6, 6.07) is 0.452. The number of nitrogens with zero attached hydrogens (tertiary/aromatic N) is 4. The lowest BCUT2D eigenvalue weighted by Gasteiger charge is -2.19. The summed E-state index contributed by atoms with van der Waals surface area (Å²) in [6.45, 7) is -0.284. The van der Waals surface area contributed by atoms with Gasteiger partial charge in [0.25, 0.3) is 0 Å². The predicted molar refractivity (Wildman–Crippen MR) is 79.8 cm³/mol. The molecule has 0 bridgehead atoms. The summed E-state index contributed by atoms with van der Waals surface area (Å²) < 4.78 is 12.8. The molecule has 1 aliphatic carbocycles. The highest BCUT2D eigenvalue weighted by atomic mass is 16.6. The van der Waals surface area contributed by atoms with Crippen molar-refractivity contribution in [3.05, 3.63) is 12.7 Å². The second-order valence-electron chi connectivity index (χ2n) is 5.90. The molecule has 2 aromatic heterocycles. The standard InChI is InChI=1S/C14H19N5O4/c1-22-11-10(21)8(4-20)23-14(11)19-6-17-9-12(18-7-2-3-7)15-5-16-13(9)19/h5-8,10-11,14,20-21H,2-4H2,1H3,(H,15,16,18)/t8-,10?,11?,14-/m1/s1. The topological polar surface area (TPSA) is 115 Å². The van der Waals surface area contributed by atoms with Crippen molar-refractivity contribution in [2.75, 3.05) is 19.0 Å². The first kappa shape index (κ1) is 14.8. The van der Waals surface area contributed by atoms with Crippen molar-refractivity contribution in [1.82, 2.24) is 19.5 Å². The predicted octanol–water partition coefficient (Wildman–Crippen LogP) is -0.334. The first-order valence-electron chi connectivity index (χ1n) is 7.64. The Morgan fingerprint density at radius 2 is 2.22 bits per heavy atom. The Bertz CT molecular complexity index is 704. The molecule has 2 aliphatic rings. The van der Waals surface area contributed by atoms with Crippen LogP contribution in [0.2, 0.25) is 0 Å². The monoisotopic (exact) mass is 321 g/mol. The minimum atomic E-state index is -0.918. The molecule has 124 valence electrons. The van der Waals surface area contributed by atoms with Crippen LogP contribution in [0.25, 0.3) is 11.2 Å². The van der Waals surface area contributed by atoms with Crippen LogP contribution in [0.15, 0.2) is 12.7 Å². The first-order chi connectivity index (χ1) is 11.2. The number of ether oxygens (including phenoxy) is 2. The maximum Gasteiger partial charge on any atom is 0.167 e. The molecular formula is C14H19N5O4. The minimum absolute atomic E-state index is 0.284. The third-order valence-corrected chi connectivity index (χ3v) is 4.32. The van der Waals surface area contributed by atoms with Crippen molar-refractivity contribution in [3.8, 4) is 0 Å². The molecule has 2 fully saturated rings. The van der Waals surface area contributed by atoms with Crippen LogP contribution in [0, 0.1) is 0 Å². The van der Waals surface area contributed by atoms with Gasteiger partial charge in [-0.1, -0.05) is 0 Å². The van der Waals surface area contributed by atoms with Crippen molar-refractivity contribution in [1.29, 1.82) is 0 Å². The average Bonchev–Trinajstić information content (AvgIpc) is 3.17. The van der Waals surface area contributed by atoms with E-state index in [1.165, 1.54) is 13.4 Å². The fourth-order valence-electron chi connectivity index (χ4n) is 2.91. The number of hydrogen-bond donors (Lipinski definition) is 3. The normalized spacial score (nSPS) is 30.9. The van der Waals surface area contributed by atoms with E-state index in [2.05, 4.69) is 20.3 Å². The number of aromatic nitrogens is 4. The summed E-state index contributed by atoms with van der Waals surface area (Å²) in [6.07, 6.45) is 2.50. The van der Waals surface area contributed by atoms with Crippen LogP contribution in [-0.4, -0.2) is 67.8 Å². The number of aliphatic hydroxyl groups excluding tert-OH is 2. The zero-order valence-corrected chi connectivity index (χ0v) is 12.7. The van der Waals surface area contributed by atoms with Gasteiger partial charge in [-0.15, -0.1) is 0 Å². The van der Waals surface area contributed by atoms with Gasteiger partial charge in [0.15, 0.2) is 23.2 Å². The van der Waals surface area contributed by atoms with Gasteiger partial charge in [0.2, 0.25) is 0 Å². The molecule has 1 aliphatic heterocycles. The van der Waals surface area contributed by atoms with Gasteiger partial charge in [0.05, 0.1) is 12.9 Å². The summed E-state index contributed by atoms with van der Waals surface area (Å²) in [5, 5.41) is 22.8. The number of rotatable bonds is 5. The highest BCUT2D eigenvalue weighted by molar-refractivity contribution is 5.83. The molecule has 4 rings (SSSR count). The fourth-order valence-corrected chi connectivity index (χ4v) is 2.91. The fraction of sp³-hybridized carbons (Fsp3) is 0.643. The van der Waals surface area contributed by atoms with Crippen LogP contribution in [0.4, 0.5) is 5.82 Å². The van der Waals surface area contributed by atoms with Crippen molar-refractivity contribution in [2.45, 2.75) is 43.4 Å². The van der Waals surface area contributed by atoms with Crippen LogP contribution in [0.1, 0.15) is 19.1 Å². The van der Waals surface area contributed by atoms with Crippen molar-refractivity contribution in [3.63, 3.8) is 0 Å². The number of hydrogen-bond acceptors (Lipinski definition) is 8. The molecule has 1 saturated carbocycles. The molecule has 2 aromatic rings. The molecule has 9 heteroatoms. The van der Waals surface area contributed by atoms with E-state index in [4.69, 9.17) is 9.47 Å². The Hall–Kier alpha value is -1.81. The van der Waals surface area contributed by atoms with E-state index < -0.39 is 24.5 Å². The largest absolute Gasteiger partial charge is 0.394 e. The maximum absolute atomic E-state index is 10.2. The van der Waals surface area contributed by atoms with Crippen LogP contribution < -0.4 is 5.32 Å². The van der Waals surface area contributed by atoms with Gasteiger partial charge >= 0.3 is 0 Å². The molecule has 3 N–H and O–H groups in total. The van der Waals surface area contributed by atoms with Crippen LogP contribution in [0.5, 0.6) is 0 Å². The van der Waals surface area contributed by atoms with Crippen LogP contribution >= 0.6 is 0 Å². The molecule has 23 heavy (non-hydrogen) atoms. The Morgan fingerprint density at radius 3 is 2.91 bits per heavy atom. The summed E-state index contributed by atoms with van der Waals surface area (Å²) in [7, 11) is 1.50. The highest BCUT2D eigenvalue weighted by Gasteiger charge is 2.45. The zero-order valence-electron chi connectivity index (χ0n) is 12.7. The molecule has 0 aromatic carbocycles. The van der Waals surface area contributed by atoms with Gasteiger partial charge in [0.1, 0.15) is 24.6 Å². The number of methoxy groups -OCH3 is 1. The molecule has 3 heterocycles. The van der Waals surface area contributed by atoms with E-state index in [-0.39, 0.29) is 6.61 Å². The van der Waals surface area contributed by atoms with Crippen molar-refractivity contribution in [2.24, 2.45) is 0 Å². The summed E-state index contributed by atoms with van der Waals surface area (Å²) in [5.74, 6) is 0.697. The molecule has 0 amide bonds.